The largest absolute Gasteiger partial charge is 0.379 e. The maximum Gasteiger partial charge on any atom is 0.157 e. The predicted molar refractivity (Wildman–Crippen MR) is 79.6 cm³/mol. The topological polar surface area (TPSA) is 66.5 Å². The van der Waals surface area contributed by atoms with Gasteiger partial charge in [0.2, 0.25) is 0 Å². The van der Waals surface area contributed by atoms with Gasteiger partial charge in [0, 0.05) is 23.9 Å². The fraction of sp³-hybridized carbons (Fsp3) is 0.214. The highest BCUT2D eigenvalue weighted by atomic mass is 32.1. The number of aryl methyl sites for hydroxylation is 2. The standard InChI is InChI=1S/C14H13N5S/c1-9-13-5-10(7-17-14(13)19(2)18-9)16-8-12-4-3-11(6-15)20-12/h3-5,7,16H,8H2,1-2H3. The summed E-state index contributed by atoms with van der Waals surface area (Å²) in [7, 11) is 1.89. The third kappa shape index (κ3) is 2.24. The molecule has 1 N–H and O–H groups in total. The van der Waals surface area contributed by atoms with Crippen LogP contribution in [0.15, 0.2) is 24.4 Å². The SMILES string of the molecule is Cc1nn(C)c2ncc(NCc3ccc(C#N)s3)cc12. The Kier molecular flexibility index (Phi) is 3.12. The molecule has 0 bridgehead atoms. The summed E-state index contributed by atoms with van der Waals surface area (Å²) in [5.74, 6) is 0. The average molecular weight is 283 g/mol. The molecule has 3 aromatic rings. The van der Waals surface area contributed by atoms with Gasteiger partial charge in [-0.25, -0.2) is 4.98 Å². The van der Waals surface area contributed by atoms with Crippen LogP contribution in [0.25, 0.3) is 11.0 Å². The predicted octanol–water partition coefficient (Wildman–Crippen LogP) is 2.82. The monoisotopic (exact) mass is 283 g/mol. The van der Waals surface area contributed by atoms with Crippen LogP contribution in [0.2, 0.25) is 0 Å². The van der Waals surface area contributed by atoms with E-state index in [4.69, 9.17) is 5.26 Å². The molecule has 0 spiro atoms. The molecule has 0 aromatic carbocycles. The lowest BCUT2D eigenvalue weighted by atomic mass is 10.2. The van der Waals surface area contributed by atoms with E-state index in [1.54, 1.807) is 4.68 Å². The Morgan fingerprint density at radius 1 is 1.45 bits per heavy atom. The number of fused-ring (bicyclic) bond motifs is 1. The minimum absolute atomic E-state index is 0.693. The van der Waals surface area contributed by atoms with Gasteiger partial charge in [-0.2, -0.15) is 10.4 Å². The van der Waals surface area contributed by atoms with Crippen LogP contribution < -0.4 is 5.32 Å². The number of thiophene rings is 1. The minimum Gasteiger partial charge on any atom is -0.379 e. The van der Waals surface area contributed by atoms with Crippen molar-refractivity contribution in [3.05, 3.63) is 39.8 Å². The van der Waals surface area contributed by atoms with Gasteiger partial charge in [0.15, 0.2) is 5.65 Å². The number of rotatable bonds is 3. The van der Waals surface area contributed by atoms with E-state index < -0.39 is 0 Å². The Morgan fingerprint density at radius 2 is 2.30 bits per heavy atom. The van der Waals surface area contributed by atoms with E-state index in [0.717, 1.165) is 32.2 Å². The quantitative estimate of drug-likeness (QED) is 0.802. The summed E-state index contributed by atoms with van der Waals surface area (Å²) >= 11 is 1.50. The molecular weight excluding hydrogens is 270 g/mol. The number of aromatic nitrogens is 3. The van der Waals surface area contributed by atoms with Crippen molar-refractivity contribution in [2.24, 2.45) is 7.05 Å². The van der Waals surface area contributed by atoms with Gasteiger partial charge in [0.1, 0.15) is 10.9 Å². The number of hydrogen-bond acceptors (Lipinski definition) is 5. The second-order valence-electron chi connectivity index (χ2n) is 4.54. The van der Waals surface area contributed by atoms with E-state index in [1.807, 2.05) is 32.3 Å². The summed E-state index contributed by atoms with van der Waals surface area (Å²) in [5.41, 5.74) is 2.82. The highest BCUT2D eigenvalue weighted by Gasteiger charge is 2.07. The Labute approximate surface area is 120 Å². The number of nitriles is 1. The van der Waals surface area contributed by atoms with Gasteiger partial charge in [0.05, 0.1) is 17.6 Å². The summed E-state index contributed by atoms with van der Waals surface area (Å²) < 4.78 is 1.78. The van der Waals surface area contributed by atoms with E-state index >= 15 is 0 Å². The van der Waals surface area contributed by atoms with Crippen LogP contribution in [0.5, 0.6) is 0 Å². The number of nitrogens with zero attached hydrogens (tertiary/aromatic N) is 4. The van der Waals surface area contributed by atoms with Crippen LogP contribution in [-0.2, 0) is 13.6 Å². The molecule has 0 atom stereocenters. The summed E-state index contributed by atoms with van der Waals surface area (Å²) in [5, 5.41) is 17.5. The molecular formula is C14H13N5S. The molecule has 0 fully saturated rings. The fourth-order valence-corrected chi connectivity index (χ4v) is 2.87. The van der Waals surface area contributed by atoms with Gasteiger partial charge in [-0.1, -0.05) is 0 Å². The molecule has 0 aliphatic rings. The second kappa shape index (κ2) is 4.94. The molecule has 0 radical (unpaired) electrons. The number of anilines is 1. The Hall–Kier alpha value is -2.39. The number of pyridine rings is 1. The molecule has 0 saturated heterocycles. The Morgan fingerprint density at radius 3 is 3.05 bits per heavy atom. The first-order valence-corrected chi connectivity index (χ1v) is 7.01. The molecule has 5 nitrogen and oxygen atoms in total. The Bertz CT molecular complexity index is 809. The fourth-order valence-electron chi connectivity index (χ4n) is 2.13. The van der Waals surface area contributed by atoms with Crippen LogP contribution in [0.4, 0.5) is 5.69 Å². The lowest BCUT2D eigenvalue weighted by Crippen LogP contribution is -1.98. The molecule has 0 amide bonds. The smallest absolute Gasteiger partial charge is 0.157 e. The lowest BCUT2D eigenvalue weighted by Gasteiger charge is -2.04. The molecule has 6 heteroatoms. The molecule has 3 rings (SSSR count). The van der Waals surface area contributed by atoms with Crippen LogP contribution >= 0.6 is 11.3 Å². The van der Waals surface area contributed by atoms with Gasteiger partial charge < -0.3 is 5.32 Å². The zero-order valence-corrected chi connectivity index (χ0v) is 12.0. The van der Waals surface area contributed by atoms with Crippen molar-refractivity contribution in [3.8, 4) is 6.07 Å². The van der Waals surface area contributed by atoms with Crippen molar-refractivity contribution >= 4 is 28.1 Å². The summed E-state index contributed by atoms with van der Waals surface area (Å²) in [6, 6.07) is 8.02. The zero-order valence-electron chi connectivity index (χ0n) is 11.2. The summed E-state index contributed by atoms with van der Waals surface area (Å²) in [6.45, 7) is 2.67. The van der Waals surface area contributed by atoms with Crippen molar-refractivity contribution in [2.75, 3.05) is 5.32 Å². The van der Waals surface area contributed by atoms with Crippen LogP contribution in [0.1, 0.15) is 15.4 Å². The van der Waals surface area contributed by atoms with E-state index in [2.05, 4.69) is 27.5 Å². The van der Waals surface area contributed by atoms with Crippen molar-refractivity contribution in [2.45, 2.75) is 13.5 Å². The highest BCUT2D eigenvalue weighted by molar-refractivity contribution is 7.12. The van der Waals surface area contributed by atoms with Gasteiger partial charge in [-0.3, -0.25) is 4.68 Å². The molecule has 20 heavy (non-hydrogen) atoms. The first-order chi connectivity index (χ1) is 9.67. The average Bonchev–Trinajstić information content (AvgIpc) is 3.02. The molecule has 0 aliphatic heterocycles. The van der Waals surface area contributed by atoms with Gasteiger partial charge >= 0.3 is 0 Å². The van der Waals surface area contributed by atoms with E-state index in [9.17, 15) is 0 Å². The van der Waals surface area contributed by atoms with Crippen molar-refractivity contribution in [3.63, 3.8) is 0 Å². The molecule has 3 heterocycles. The maximum absolute atomic E-state index is 8.81. The van der Waals surface area contributed by atoms with Gasteiger partial charge in [-0.05, 0) is 25.1 Å². The van der Waals surface area contributed by atoms with Crippen LogP contribution in [0.3, 0.4) is 0 Å². The van der Waals surface area contributed by atoms with E-state index in [-0.39, 0.29) is 0 Å². The zero-order chi connectivity index (χ0) is 14.1. The molecule has 0 unspecified atom stereocenters. The minimum atomic E-state index is 0.693. The molecule has 100 valence electrons. The maximum atomic E-state index is 8.81. The first kappa shape index (κ1) is 12.6. The second-order valence-corrected chi connectivity index (χ2v) is 5.70. The summed E-state index contributed by atoms with van der Waals surface area (Å²) in [4.78, 5) is 6.29. The number of hydrogen-bond donors (Lipinski definition) is 1. The molecule has 3 aromatic heterocycles. The van der Waals surface area contributed by atoms with Crippen molar-refractivity contribution in [1.82, 2.24) is 14.8 Å². The first-order valence-electron chi connectivity index (χ1n) is 6.19. The lowest BCUT2D eigenvalue weighted by molar-refractivity contribution is 0.774. The molecule has 0 saturated carbocycles. The van der Waals surface area contributed by atoms with E-state index in [0.29, 0.717) is 6.54 Å². The number of nitrogens with one attached hydrogen (secondary N) is 1. The van der Waals surface area contributed by atoms with E-state index in [1.165, 1.54) is 11.3 Å². The van der Waals surface area contributed by atoms with Crippen molar-refractivity contribution < 1.29 is 0 Å². The van der Waals surface area contributed by atoms with Crippen molar-refractivity contribution in [1.29, 1.82) is 5.26 Å². The Balaban J connectivity index is 1.81. The van der Waals surface area contributed by atoms with Crippen LogP contribution in [0, 0.1) is 18.3 Å². The van der Waals surface area contributed by atoms with Gasteiger partial charge in [-0.15, -0.1) is 11.3 Å². The third-order valence-electron chi connectivity index (χ3n) is 3.10. The highest BCUT2D eigenvalue weighted by Crippen LogP contribution is 2.21. The molecule has 0 aliphatic carbocycles. The van der Waals surface area contributed by atoms with Crippen LogP contribution in [-0.4, -0.2) is 14.8 Å². The third-order valence-corrected chi connectivity index (χ3v) is 4.09. The van der Waals surface area contributed by atoms with Gasteiger partial charge in [0.25, 0.3) is 0 Å². The normalized spacial score (nSPS) is 10.7. The summed E-state index contributed by atoms with van der Waals surface area (Å²) in [6.07, 6.45) is 1.81.